The first-order valence-electron chi connectivity index (χ1n) is 6.83. The Hall–Kier alpha value is -1.28. The minimum absolute atomic E-state index is 0. The van der Waals surface area contributed by atoms with Gasteiger partial charge in [0.15, 0.2) is 5.96 Å². The zero-order chi connectivity index (χ0) is 14.2. The molecule has 0 aliphatic carbocycles. The van der Waals surface area contributed by atoms with Gasteiger partial charge < -0.3 is 20.4 Å². The van der Waals surface area contributed by atoms with Crippen molar-refractivity contribution >= 4 is 40.8 Å². The molecular weight excluding hydrogens is 379 g/mol. The third-order valence-corrected chi connectivity index (χ3v) is 3.18. The van der Waals surface area contributed by atoms with Gasteiger partial charge in [-0.3, -0.25) is 4.99 Å². The molecule has 0 bridgehead atoms. The van der Waals surface area contributed by atoms with Crippen molar-refractivity contribution in [2.45, 2.75) is 6.42 Å². The molecule has 0 aliphatic heterocycles. The highest BCUT2D eigenvalue weighted by Gasteiger charge is 2.03. The normalized spacial score (nSPS) is 11.2. The van der Waals surface area contributed by atoms with Crippen LogP contribution in [0.3, 0.4) is 0 Å². The molecule has 0 saturated heterocycles. The Labute approximate surface area is 142 Å². The van der Waals surface area contributed by atoms with Crippen LogP contribution in [-0.2, 0) is 11.2 Å². The maximum Gasteiger partial charge on any atom is 0.191 e. The van der Waals surface area contributed by atoms with E-state index in [2.05, 4.69) is 45.0 Å². The zero-order valence-electron chi connectivity index (χ0n) is 12.5. The number of halogens is 1. The molecule has 0 atom stereocenters. The smallest absolute Gasteiger partial charge is 0.191 e. The van der Waals surface area contributed by atoms with Gasteiger partial charge in [0.05, 0.1) is 6.61 Å². The number of H-pyrrole nitrogens is 1. The number of hydrogen-bond donors (Lipinski definition) is 3. The van der Waals surface area contributed by atoms with Gasteiger partial charge in [-0.2, -0.15) is 0 Å². The highest BCUT2D eigenvalue weighted by molar-refractivity contribution is 14.0. The molecule has 21 heavy (non-hydrogen) atoms. The van der Waals surface area contributed by atoms with Crippen LogP contribution in [0.1, 0.15) is 5.56 Å². The highest BCUT2D eigenvalue weighted by atomic mass is 127. The lowest BCUT2D eigenvalue weighted by molar-refractivity contribution is 0.203. The van der Waals surface area contributed by atoms with Crippen molar-refractivity contribution in [3.8, 4) is 0 Å². The average molecular weight is 402 g/mol. The first-order chi connectivity index (χ1) is 9.85. The van der Waals surface area contributed by atoms with Gasteiger partial charge in [-0.25, -0.2) is 0 Å². The monoisotopic (exact) mass is 402 g/mol. The number of aromatic amines is 1. The molecule has 1 aromatic carbocycles. The van der Waals surface area contributed by atoms with Gasteiger partial charge in [0, 0.05) is 44.3 Å². The molecule has 5 nitrogen and oxygen atoms in total. The summed E-state index contributed by atoms with van der Waals surface area (Å²) < 4.78 is 5.00. The van der Waals surface area contributed by atoms with E-state index in [9.17, 15) is 0 Å². The fourth-order valence-corrected chi connectivity index (χ4v) is 2.15. The maximum atomic E-state index is 5.00. The van der Waals surface area contributed by atoms with Crippen LogP contribution in [0.2, 0.25) is 0 Å². The summed E-state index contributed by atoms with van der Waals surface area (Å²) in [6.45, 7) is 2.26. The standard InChI is InChI=1S/C15H22N4O.HI/c1-16-15(18-9-10-20-2)17-8-7-12-11-19-14-6-4-3-5-13(12)14;/h3-6,11,19H,7-10H2,1-2H3,(H2,16,17,18);1H. The molecule has 0 aliphatic rings. The molecule has 6 heteroatoms. The molecule has 0 amide bonds. The van der Waals surface area contributed by atoms with Crippen molar-refractivity contribution in [1.29, 1.82) is 0 Å². The van der Waals surface area contributed by atoms with Gasteiger partial charge in [-0.15, -0.1) is 24.0 Å². The molecular formula is C15H23IN4O. The molecule has 3 N–H and O–H groups in total. The summed E-state index contributed by atoms with van der Waals surface area (Å²) in [6.07, 6.45) is 3.03. The van der Waals surface area contributed by atoms with Crippen molar-refractivity contribution in [3.63, 3.8) is 0 Å². The Morgan fingerprint density at radius 2 is 2.00 bits per heavy atom. The minimum Gasteiger partial charge on any atom is -0.383 e. The molecule has 0 radical (unpaired) electrons. The number of methoxy groups -OCH3 is 1. The summed E-state index contributed by atoms with van der Waals surface area (Å²) in [6, 6.07) is 8.35. The average Bonchev–Trinajstić information content (AvgIpc) is 2.89. The Bertz CT molecular complexity index is 568. The number of guanidine groups is 1. The van der Waals surface area contributed by atoms with Gasteiger partial charge in [0.25, 0.3) is 0 Å². The predicted molar refractivity (Wildman–Crippen MR) is 98.7 cm³/mol. The summed E-state index contributed by atoms with van der Waals surface area (Å²) in [5.41, 5.74) is 2.51. The molecule has 2 aromatic rings. The van der Waals surface area contributed by atoms with Crippen molar-refractivity contribution in [3.05, 3.63) is 36.0 Å². The number of nitrogens with one attached hydrogen (secondary N) is 3. The fourth-order valence-electron chi connectivity index (χ4n) is 2.15. The van der Waals surface area contributed by atoms with E-state index in [0.717, 1.165) is 25.5 Å². The fraction of sp³-hybridized carbons (Fsp3) is 0.400. The van der Waals surface area contributed by atoms with E-state index in [1.807, 2.05) is 6.07 Å². The van der Waals surface area contributed by atoms with Crippen molar-refractivity contribution < 1.29 is 4.74 Å². The zero-order valence-corrected chi connectivity index (χ0v) is 14.8. The summed E-state index contributed by atoms with van der Waals surface area (Å²) in [4.78, 5) is 7.46. The number of hydrogen-bond acceptors (Lipinski definition) is 2. The second-order valence-corrected chi connectivity index (χ2v) is 4.53. The number of aromatic nitrogens is 1. The van der Waals surface area contributed by atoms with Gasteiger partial charge in [0.1, 0.15) is 0 Å². The lowest BCUT2D eigenvalue weighted by Gasteiger charge is -2.11. The molecule has 1 heterocycles. The molecule has 2 rings (SSSR count). The van der Waals surface area contributed by atoms with Crippen LogP contribution in [-0.4, -0.2) is 44.8 Å². The van der Waals surface area contributed by atoms with E-state index in [1.54, 1.807) is 14.2 Å². The number of rotatable bonds is 6. The van der Waals surface area contributed by atoms with Crippen molar-refractivity contribution in [1.82, 2.24) is 15.6 Å². The summed E-state index contributed by atoms with van der Waals surface area (Å²) in [5, 5.41) is 7.78. The number of ether oxygens (including phenoxy) is 1. The van der Waals surface area contributed by atoms with E-state index in [4.69, 9.17) is 4.74 Å². The third kappa shape index (κ3) is 5.20. The third-order valence-electron chi connectivity index (χ3n) is 3.18. The van der Waals surface area contributed by atoms with Gasteiger partial charge in [-0.05, 0) is 18.1 Å². The van der Waals surface area contributed by atoms with Crippen LogP contribution in [0, 0.1) is 0 Å². The Balaban J connectivity index is 0.00000220. The summed E-state index contributed by atoms with van der Waals surface area (Å²) >= 11 is 0. The van der Waals surface area contributed by atoms with Crippen LogP contribution in [0.4, 0.5) is 0 Å². The first-order valence-corrected chi connectivity index (χ1v) is 6.83. The number of benzene rings is 1. The molecule has 0 unspecified atom stereocenters. The molecule has 0 fully saturated rings. The van der Waals surface area contributed by atoms with E-state index in [1.165, 1.54) is 16.5 Å². The summed E-state index contributed by atoms with van der Waals surface area (Å²) in [7, 11) is 3.46. The van der Waals surface area contributed by atoms with Crippen molar-refractivity contribution in [2.75, 3.05) is 33.9 Å². The van der Waals surface area contributed by atoms with Gasteiger partial charge >= 0.3 is 0 Å². The van der Waals surface area contributed by atoms with Crippen LogP contribution in [0.5, 0.6) is 0 Å². The highest BCUT2D eigenvalue weighted by Crippen LogP contribution is 2.17. The molecule has 0 spiro atoms. The number of nitrogens with zero attached hydrogens (tertiary/aromatic N) is 1. The number of para-hydroxylation sites is 1. The van der Waals surface area contributed by atoms with Crippen molar-refractivity contribution in [2.24, 2.45) is 4.99 Å². The Kier molecular flexibility index (Phi) is 8.14. The Morgan fingerprint density at radius 3 is 2.76 bits per heavy atom. The maximum absolute atomic E-state index is 5.00. The number of aliphatic imine (C=N–C) groups is 1. The van der Waals surface area contributed by atoms with Gasteiger partial charge in [0.2, 0.25) is 0 Å². The Morgan fingerprint density at radius 1 is 1.24 bits per heavy atom. The molecule has 0 saturated carbocycles. The van der Waals surface area contributed by atoms with E-state index in [0.29, 0.717) is 6.61 Å². The first kappa shape index (κ1) is 17.8. The molecule has 116 valence electrons. The lowest BCUT2D eigenvalue weighted by Crippen LogP contribution is -2.39. The van der Waals surface area contributed by atoms with Crippen LogP contribution < -0.4 is 10.6 Å². The lowest BCUT2D eigenvalue weighted by atomic mass is 10.1. The van der Waals surface area contributed by atoms with Crippen LogP contribution in [0.25, 0.3) is 10.9 Å². The second kappa shape index (κ2) is 9.62. The van der Waals surface area contributed by atoms with E-state index >= 15 is 0 Å². The van der Waals surface area contributed by atoms with Gasteiger partial charge in [-0.1, -0.05) is 18.2 Å². The second-order valence-electron chi connectivity index (χ2n) is 4.53. The van der Waals surface area contributed by atoms with E-state index in [-0.39, 0.29) is 24.0 Å². The van der Waals surface area contributed by atoms with Crippen LogP contribution in [0.15, 0.2) is 35.5 Å². The number of fused-ring (bicyclic) bond motifs is 1. The quantitative estimate of drug-likeness (QED) is 0.300. The van der Waals surface area contributed by atoms with E-state index < -0.39 is 0 Å². The molecule has 1 aromatic heterocycles. The predicted octanol–water partition coefficient (Wildman–Crippen LogP) is 2.14. The minimum atomic E-state index is 0. The topological polar surface area (TPSA) is 61.4 Å². The largest absolute Gasteiger partial charge is 0.383 e. The van der Waals surface area contributed by atoms with Crippen LogP contribution >= 0.6 is 24.0 Å². The summed E-state index contributed by atoms with van der Waals surface area (Å²) in [5.74, 6) is 0.807. The SMILES string of the molecule is CN=C(NCCOC)NCCc1c[nH]c2ccccc12.I.